The van der Waals surface area contributed by atoms with Crippen LogP contribution < -0.4 is 9.64 Å². The van der Waals surface area contributed by atoms with Crippen LogP contribution >= 0.6 is 0 Å². The van der Waals surface area contributed by atoms with Crippen molar-refractivity contribution >= 4 is 11.8 Å². The summed E-state index contributed by atoms with van der Waals surface area (Å²) in [5, 5.41) is 8.89. The van der Waals surface area contributed by atoms with Crippen LogP contribution in [-0.4, -0.2) is 35.8 Å². The van der Waals surface area contributed by atoms with E-state index in [4.69, 9.17) is 9.84 Å². The third kappa shape index (κ3) is 1.73. The normalized spacial score (nSPS) is 19.5. The van der Waals surface area contributed by atoms with E-state index in [0.717, 1.165) is 12.4 Å². The molecule has 2 heterocycles. The van der Waals surface area contributed by atoms with E-state index in [2.05, 4.69) is 18.8 Å². The zero-order valence-corrected chi connectivity index (χ0v) is 9.65. The molecular formula is C11H16N2O3. The maximum Gasteiger partial charge on any atom is 0.352 e. The third-order valence-electron chi connectivity index (χ3n) is 2.85. The number of aromatic nitrogens is 1. The summed E-state index contributed by atoms with van der Waals surface area (Å²) in [4.78, 5) is 15.7. The van der Waals surface area contributed by atoms with Gasteiger partial charge in [-0.05, 0) is 5.92 Å². The van der Waals surface area contributed by atoms with Gasteiger partial charge in [0, 0.05) is 13.1 Å². The van der Waals surface area contributed by atoms with Crippen LogP contribution in [0.25, 0.3) is 0 Å². The van der Waals surface area contributed by atoms with Gasteiger partial charge < -0.3 is 19.7 Å². The highest BCUT2D eigenvalue weighted by molar-refractivity contribution is 5.88. The highest BCUT2D eigenvalue weighted by Crippen LogP contribution is 2.34. The zero-order chi connectivity index (χ0) is 11.9. The molecule has 0 fully saturated rings. The highest BCUT2D eigenvalue weighted by Gasteiger charge is 2.28. The number of fused-ring (bicyclic) bond motifs is 1. The quantitative estimate of drug-likeness (QED) is 0.800. The molecular weight excluding hydrogens is 208 g/mol. The summed E-state index contributed by atoms with van der Waals surface area (Å²) >= 11 is 0. The van der Waals surface area contributed by atoms with Crippen molar-refractivity contribution in [1.82, 2.24) is 4.98 Å². The van der Waals surface area contributed by atoms with Gasteiger partial charge in [-0.15, -0.1) is 0 Å². The van der Waals surface area contributed by atoms with Gasteiger partial charge in [-0.2, -0.15) is 0 Å². The molecule has 0 spiro atoms. The number of hydrogen-bond donors (Lipinski definition) is 2. The predicted octanol–water partition coefficient (Wildman–Crippen LogP) is 1.57. The number of nitrogens with one attached hydrogen (secondary N) is 1. The molecule has 1 aliphatic heterocycles. The van der Waals surface area contributed by atoms with Crippen molar-refractivity contribution in [1.29, 1.82) is 0 Å². The lowest BCUT2D eigenvalue weighted by molar-refractivity contribution is 0.0691. The average Bonchev–Trinajstić information content (AvgIpc) is 2.61. The fraction of sp³-hybridized carbons (Fsp3) is 0.545. The first-order valence-electron chi connectivity index (χ1n) is 5.33. The Morgan fingerprint density at radius 1 is 1.69 bits per heavy atom. The zero-order valence-electron chi connectivity index (χ0n) is 9.65. The molecule has 0 radical (unpaired) electrons. The molecule has 0 saturated carbocycles. The number of likely N-dealkylation sites (N-methyl/N-ethyl adjacent to an activating group) is 1. The summed E-state index contributed by atoms with van der Waals surface area (Å²) in [6.07, 6.45) is 0.106. The maximum absolute atomic E-state index is 10.8. The molecule has 0 aromatic carbocycles. The lowest BCUT2D eigenvalue weighted by atomic mass is 10.1. The molecule has 1 aromatic heterocycles. The fourth-order valence-corrected chi connectivity index (χ4v) is 1.82. The molecule has 5 heteroatoms. The number of nitrogens with zero attached hydrogens (tertiary/aromatic N) is 1. The molecule has 1 aliphatic rings. The maximum atomic E-state index is 10.8. The first kappa shape index (κ1) is 10.9. The molecule has 2 rings (SSSR count). The number of hydrogen-bond acceptors (Lipinski definition) is 3. The number of carboxylic acids is 1. The summed E-state index contributed by atoms with van der Waals surface area (Å²) in [5.74, 6) is 0.811. The van der Waals surface area contributed by atoms with Crippen molar-refractivity contribution in [2.24, 2.45) is 5.92 Å². The van der Waals surface area contributed by atoms with Crippen LogP contribution in [0, 0.1) is 5.92 Å². The Morgan fingerprint density at radius 3 is 2.94 bits per heavy atom. The van der Waals surface area contributed by atoms with Gasteiger partial charge >= 0.3 is 5.97 Å². The van der Waals surface area contributed by atoms with E-state index in [9.17, 15) is 4.79 Å². The van der Waals surface area contributed by atoms with Gasteiger partial charge in [0.05, 0.1) is 6.54 Å². The van der Waals surface area contributed by atoms with Crippen molar-refractivity contribution in [3.63, 3.8) is 0 Å². The Balaban J connectivity index is 2.32. The van der Waals surface area contributed by atoms with Crippen LogP contribution in [0.1, 0.15) is 24.3 Å². The second kappa shape index (κ2) is 3.73. The smallest absolute Gasteiger partial charge is 0.352 e. The molecule has 0 amide bonds. The van der Waals surface area contributed by atoms with E-state index in [1.54, 1.807) is 6.07 Å². The number of aromatic amines is 1. The van der Waals surface area contributed by atoms with E-state index < -0.39 is 5.97 Å². The molecule has 1 unspecified atom stereocenters. The number of aromatic carboxylic acids is 1. The van der Waals surface area contributed by atoms with E-state index in [-0.39, 0.29) is 11.8 Å². The standard InChI is InChI=1S/C11H16N2O3/c1-6(2)9-5-13(3)10-8(16-9)4-7(12-10)11(14)15/h4,6,9,12H,5H2,1-3H3,(H,14,15). The molecule has 2 N–H and O–H groups in total. The Hall–Kier alpha value is -1.65. The van der Waals surface area contributed by atoms with Gasteiger partial charge in [0.1, 0.15) is 17.6 Å². The van der Waals surface area contributed by atoms with Crippen molar-refractivity contribution in [3.05, 3.63) is 11.8 Å². The molecule has 5 nitrogen and oxygen atoms in total. The van der Waals surface area contributed by atoms with Gasteiger partial charge in [0.2, 0.25) is 0 Å². The lowest BCUT2D eigenvalue weighted by Crippen LogP contribution is -2.40. The molecule has 1 atom stereocenters. The third-order valence-corrected chi connectivity index (χ3v) is 2.85. The van der Waals surface area contributed by atoms with Crippen LogP contribution in [0.4, 0.5) is 5.82 Å². The Morgan fingerprint density at radius 2 is 2.38 bits per heavy atom. The van der Waals surface area contributed by atoms with Crippen molar-refractivity contribution < 1.29 is 14.6 Å². The Kier molecular flexibility index (Phi) is 2.53. The topological polar surface area (TPSA) is 65.6 Å². The number of anilines is 1. The largest absolute Gasteiger partial charge is 0.484 e. The van der Waals surface area contributed by atoms with Crippen LogP contribution in [0.2, 0.25) is 0 Å². The highest BCUT2D eigenvalue weighted by atomic mass is 16.5. The van der Waals surface area contributed by atoms with Gasteiger partial charge in [-0.3, -0.25) is 0 Å². The summed E-state index contributed by atoms with van der Waals surface area (Å²) in [6, 6.07) is 1.54. The minimum absolute atomic E-state index is 0.106. The second-order valence-corrected chi connectivity index (χ2v) is 4.48. The SMILES string of the molecule is CC(C)C1CN(C)c2[nH]c(C(=O)O)cc2O1. The van der Waals surface area contributed by atoms with Gasteiger partial charge in [-0.25, -0.2) is 4.79 Å². The lowest BCUT2D eigenvalue weighted by Gasteiger charge is -2.33. The average molecular weight is 224 g/mol. The first-order chi connectivity index (χ1) is 7.49. The number of H-pyrrole nitrogens is 1. The van der Waals surface area contributed by atoms with Gasteiger partial charge in [0.25, 0.3) is 0 Å². The Labute approximate surface area is 94.0 Å². The number of carbonyl (C=O) groups is 1. The molecule has 0 bridgehead atoms. The summed E-state index contributed by atoms with van der Waals surface area (Å²) in [6.45, 7) is 4.95. The first-order valence-corrected chi connectivity index (χ1v) is 5.33. The predicted molar refractivity (Wildman–Crippen MR) is 60.3 cm³/mol. The minimum atomic E-state index is -0.965. The number of ether oxygens (including phenoxy) is 1. The molecule has 88 valence electrons. The Bertz CT molecular complexity index is 411. The summed E-state index contributed by atoms with van der Waals surface area (Å²) in [5.41, 5.74) is 0.168. The number of carboxylic acid groups (broad SMARTS) is 1. The van der Waals surface area contributed by atoms with Crippen LogP contribution in [0.15, 0.2) is 6.07 Å². The summed E-state index contributed by atoms with van der Waals surface area (Å²) < 4.78 is 5.76. The molecule has 16 heavy (non-hydrogen) atoms. The number of rotatable bonds is 2. The van der Waals surface area contributed by atoms with Crippen molar-refractivity contribution in [2.75, 3.05) is 18.5 Å². The molecule has 0 aliphatic carbocycles. The second-order valence-electron chi connectivity index (χ2n) is 4.48. The summed E-state index contributed by atoms with van der Waals surface area (Å²) in [7, 11) is 1.93. The van der Waals surface area contributed by atoms with Crippen LogP contribution in [0.5, 0.6) is 5.75 Å². The monoisotopic (exact) mass is 224 g/mol. The molecule has 0 saturated heterocycles. The fourth-order valence-electron chi connectivity index (χ4n) is 1.82. The van der Waals surface area contributed by atoms with Gasteiger partial charge in [-0.1, -0.05) is 13.8 Å². The van der Waals surface area contributed by atoms with Crippen molar-refractivity contribution in [2.45, 2.75) is 20.0 Å². The van der Waals surface area contributed by atoms with Gasteiger partial charge in [0.15, 0.2) is 5.75 Å². The van der Waals surface area contributed by atoms with E-state index in [1.807, 2.05) is 11.9 Å². The van der Waals surface area contributed by atoms with Crippen molar-refractivity contribution in [3.8, 4) is 5.75 Å². The van der Waals surface area contributed by atoms with E-state index in [1.165, 1.54) is 0 Å². The van der Waals surface area contributed by atoms with Crippen LogP contribution in [-0.2, 0) is 0 Å². The van der Waals surface area contributed by atoms with E-state index in [0.29, 0.717) is 11.7 Å². The minimum Gasteiger partial charge on any atom is -0.484 e. The van der Waals surface area contributed by atoms with Crippen LogP contribution in [0.3, 0.4) is 0 Å². The van der Waals surface area contributed by atoms with E-state index >= 15 is 0 Å². The molecule has 1 aromatic rings.